The first kappa shape index (κ1) is 8.78. The molecule has 0 fully saturated rings. The smallest absolute Gasteiger partial charge is 0.228 e. The van der Waals surface area contributed by atoms with Gasteiger partial charge in [0.1, 0.15) is 0 Å². The van der Waals surface area contributed by atoms with Crippen molar-refractivity contribution >= 4 is 11.6 Å². The van der Waals surface area contributed by atoms with Crippen LogP contribution in [0.25, 0.3) is 0 Å². The topological polar surface area (TPSA) is 29.1 Å². The summed E-state index contributed by atoms with van der Waals surface area (Å²) in [6.45, 7) is 4.00. The van der Waals surface area contributed by atoms with Crippen LogP contribution in [0.1, 0.15) is 20.8 Å². The number of para-hydroxylation sites is 1. The van der Waals surface area contributed by atoms with Crippen molar-refractivity contribution in [1.29, 1.82) is 0 Å². The van der Waals surface area contributed by atoms with Crippen molar-refractivity contribution in [2.24, 2.45) is 0 Å². The number of nitrogens with one attached hydrogen (secondary N) is 1. The Morgan fingerprint density at radius 1 is 1.33 bits per heavy atom. The molecule has 2 nitrogen and oxygen atoms in total. The third kappa shape index (κ3) is 1.64. The van der Waals surface area contributed by atoms with Crippen molar-refractivity contribution in [3.05, 3.63) is 29.8 Å². The minimum Gasteiger partial charge on any atom is -0.326 e. The normalized spacial score (nSPS) is 12.7. The summed E-state index contributed by atoms with van der Waals surface area (Å²) in [4.78, 5) is 10.8. The zero-order valence-corrected chi connectivity index (χ0v) is 7.42. The number of amides is 1. The molecule has 0 aliphatic carbocycles. The molecule has 0 bridgehead atoms. The van der Waals surface area contributed by atoms with E-state index in [1.165, 1.54) is 0 Å². The second-order valence-electron chi connectivity index (χ2n) is 2.38. The maximum atomic E-state index is 10.8. The average molecular weight is 165 g/mol. The molecule has 1 aliphatic rings. The first-order valence-corrected chi connectivity index (χ1v) is 4.24. The van der Waals surface area contributed by atoms with Crippen molar-refractivity contribution in [3.8, 4) is 0 Å². The maximum Gasteiger partial charge on any atom is 0.228 e. The molecule has 0 aromatic heterocycles. The Hall–Kier alpha value is -1.31. The minimum absolute atomic E-state index is 0. The number of carbonyl (C=O) groups excluding carboxylic acids is 1. The highest BCUT2D eigenvalue weighted by atomic mass is 16.1. The first-order valence-electron chi connectivity index (χ1n) is 4.24. The largest absolute Gasteiger partial charge is 0.326 e. The molecule has 2 heteroatoms. The van der Waals surface area contributed by atoms with Gasteiger partial charge in [-0.25, -0.2) is 0 Å². The van der Waals surface area contributed by atoms with Crippen LogP contribution in [0.3, 0.4) is 0 Å². The zero-order valence-electron chi connectivity index (χ0n) is 7.42. The molecular weight excluding hydrogens is 150 g/mol. The van der Waals surface area contributed by atoms with Gasteiger partial charge in [0.05, 0.1) is 6.42 Å². The monoisotopic (exact) mass is 165 g/mol. The molecule has 0 unspecified atom stereocenters. The lowest BCUT2D eigenvalue weighted by Crippen LogP contribution is -2.03. The molecule has 1 aliphatic heterocycles. The fraction of sp³-hybridized carbons (Fsp3) is 0.300. The zero-order chi connectivity index (χ0) is 8.97. The molecule has 0 atom stereocenters. The van der Waals surface area contributed by atoms with Crippen molar-refractivity contribution < 1.29 is 6.22 Å². The number of rotatable bonds is 0. The van der Waals surface area contributed by atoms with Crippen LogP contribution in [-0.2, 0) is 11.2 Å². The van der Waals surface area contributed by atoms with Gasteiger partial charge >= 0.3 is 0 Å². The van der Waals surface area contributed by atoms with Crippen molar-refractivity contribution in [2.75, 3.05) is 5.32 Å². The Bertz CT molecular complexity index is 259. The van der Waals surface area contributed by atoms with Gasteiger partial charge in [0.15, 0.2) is 0 Å². The Kier molecular flexibility index (Phi) is 2.86. The molecular formula is C10H15NO. The van der Waals surface area contributed by atoms with Crippen LogP contribution in [0.5, 0.6) is 0 Å². The van der Waals surface area contributed by atoms with E-state index in [4.69, 9.17) is 0 Å². The number of benzene rings is 1. The van der Waals surface area contributed by atoms with Gasteiger partial charge < -0.3 is 5.32 Å². The van der Waals surface area contributed by atoms with E-state index in [9.17, 15) is 4.79 Å². The van der Waals surface area contributed by atoms with E-state index >= 15 is 0 Å². The maximum absolute atomic E-state index is 10.8. The number of carbonyl (C=O) groups is 1. The van der Waals surface area contributed by atoms with Gasteiger partial charge in [0.25, 0.3) is 0 Å². The number of anilines is 1. The molecule has 66 valence electrons. The van der Waals surface area contributed by atoms with Gasteiger partial charge in [-0.1, -0.05) is 32.0 Å². The fourth-order valence-electron chi connectivity index (χ4n) is 1.16. The van der Waals surface area contributed by atoms with Crippen molar-refractivity contribution in [3.63, 3.8) is 0 Å². The van der Waals surface area contributed by atoms with Crippen LogP contribution in [0, 0.1) is 0 Å². The quantitative estimate of drug-likeness (QED) is 0.628. The predicted octanol–water partition coefficient (Wildman–Crippen LogP) is 2.45. The standard InChI is InChI=1S/C8H7NO.C2H6.H2/c10-8-5-6-3-1-2-4-7(6)9-8;1-2;/h1-4H,5H2,(H,9,10);1-2H3;1H. The number of fused-ring (bicyclic) bond motifs is 1. The molecule has 0 saturated carbocycles. The third-order valence-electron chi connectivity index (χ3n) is 1.64. The minimum atomic E-state index is 0. The summed E-state index contributed by atoms with van der Waals surface area (Å²) in [5.41, 5.74) is 2.07. The van der Waals surface area contributed by atoms with E-state index in [1.807, 2.05) is 38.1 Å². The van der Waals surface area contributed by atoms with Gasteiger partial charge in [0.2, 0.25) is 5.91 Å². The summed E-state index contributed by atoms with van der Waals surface area (Å²) in [5.74, 6) is 0.0983. The van der Waals surface area contributed by atoms with E-state index in [0.29, 0.717) is 6.42 Å². The lowest BCUT2D eigenvalue weighted by molar-refractivity contribution is -0.115. The molecule has 0 radical (unpaired) electrons. The molecule has 1 aromatic carbocycles. The predicted molar refractivity (Wildman–Crippen MR) is 52.2 cm³/mol. The van der Waals surface area contributed by atoms with E-state index in [2.05, 4.69) is 5.32 Å². The van der Waals surface area contributed by atoms with Crippen LogP contribution in [0.4, 0.5) is 5.69 Å². The van der Waals surface area contributed by atoms with Gasteiger partial charge in [-0.05, 0) is 11.6 Å². The van der Waals surface area contributed by atoms with E-state index in [0.717, 1.165) is 11.3 Å². The molecule has 1 N–H and O–H groups in total. The highest BCUT2D eigenvalue weighted by molar-refractivity contribution is 5.98. The summed E-state index contributed by atoms with van der Waals surface area (Å²) in [7, 11) is 0. The fourth-order valence-corrected chi connectivity index (χ4v) is 1.16. The molecule has 0 spiro atoms. The van der Waals surface area contributed by atoms with Crippen LogP contribution < -0.4 is 5.32 Å². The molecule has 0 saturated heterocycles. The molecule has 12 heavy (non-hydrogen) atoms. The summed E-state index contributed by atoms with van der Waals surface area (Å²) >= 11 is 0. The van der Waals surface area contributed by atoms with Crippen LogP contribution in [-0.4, -0.2) is 5.91 Å². The summed E-state index contributed by atoms with van der Waals surface area (Å²) in [6, 6.07) is 7.75. The van der Waals surface area contributed by atoms with Crippen LogP contribution in [0.15, 0.2) is 24.3 Å². The number of hydrogen-bond acceptors (Lipinski definition) is 1. The molecule has 1 heterocycles. The second-order valence-corrected chi connectivity index (χ2v) is 2.38. The first-order chi connectivity index (χ1) is 5.86. The van der Waals surface area contributed by atoms with Gasteiger partial charge in [-0.3, -0.25) is 4.79 Å². The summed E-state index contributed by atoms with van der Waals surface area (Å²) in [5, 5.41) is 2.76. The summed E-state index contributed by atoms with van der Waals surface area (Å²) in [6.07, 6.45) is 0.538. The van der Waals surface area contributed by atoms with Crippen molar-refractivity contribution in [1.82, 2.24) is 0 Å². The average Bonchev–Trinajstić information content (AvgIpc) is 2.48. The Labute approximate surface area is 74.1 Å². The molecule has 1 aromatic rings. The van der Waals surface area contributed by atoms with E-state index in [1.54, 1.807) is 0 Å². The van der Waals surface area contributed by atoms with Crippen molar-refractivity contribution in [2.45, 2.75) is 20.3 Å². The van der Waals surface area contributed by atoms with E-state index < -0.39 is 0 Å². The van der Waals surface area contributed by atoms with Crippen LogP contribution in [0.2, 0.25) is 0 Å². The van der Waals surface area contributed by atoms with Crippen LogP contribution >= 0.6 is 0 Å². The summed E-state index contributed by atoms with van der Waals surface area (Å²) < 4.78 is 0. The lowest BCUT2D eigenvalue weighted by atomic mass is 10.2. The lowest BCUT2D eigenvalue weighted by Gasteiger charge is -1.93. The highest BCUT2D eigenvalue weighted by Gasteiger charge is 2.15. The van der Waals surface area contributed by atoms with Gasteiger partial charge in [-0.15, -0.1) is 0 Å². The van der Waals surface area contributed by atoms with Gasteiger partial charge in [0, 0.05) is 7.11 Å². The Morgan fingerprint density at radius 3 is 2.67 bits per heavy atom. The van der Waals surface area contributed by atoms with E-state index in [-0.39, 0.29) is 7.33 Å². The highest BCUT2D eigenvalue weighted by Crippen LogP contribution is 2.20. The SMILES string of the molecule is CC.O=C1Cc2ccccc2N1.[HH]. The molecule has 1 amide bonds. The third-order valence-corrected chi connectivity index (χ3v) is 1.64. The second kappa shape index (κ2) is 3.90. The number of hydrogen-bond donors (Lipinski definition) is 1. The Balaban J connectivity index is 0.000000451. The Morgan fingerprint density at radius 2 is 2.00 bits per heavy atom. The molecule has 2 rings (SSSR count). The van der Waals surface area contributed by atoms with Gasteiger partial charge in [-0.2, -0.15) is 0 Å².